The van der Waals surface area contributed by atoms with E-state index in [1.807, 2.05) is 0 Å². The minimum absolute atomic E-state index is 0.0739. The molecular weight excluding hydrogens is 997 g/mol. The Bertz CT molecular complexity index is 1400. The van der Waals surface area contributed by atoms with Gasteiger partial charge in [-0.05, 0) is 77.0 Å². The molecule has 0 aromatic carbocycles. The molecule has 0 aliphatic carbocycles. The first kappa shape index (κ1) is 78.4. The van der Waals surface area contributed by atoms with Crippen molar-refractivity contribution in [1.29, 1.82) is 0 Å². The Kier molecular flexibility index (Phi) is 67.6. The summed E-state index contributed by atoms with van der Waals surface area (Å²) in [6, 6.07) is 0. The summed E-state index contributed by atoms with van der Waals surface area (Å²) >= 11 is 0. The maximum atomic E-state index is 13.0. The molecule has 0 saturated carbocycles. The largest absolute Gasteiger partial charge is 0.462 e. The van der Waals surface area contributed by atoms with Gasteiger partial charge in [0, 0.05) is 19.3 Å². The number of rotatable bonds is 67. The van der Waals surface area contributed by atoms with E-state index in [0.29, 0.717) is 19.3 Å². The summed E-state index contributed by atoms with van der Waals surface area (Å²) < 4.78 is 17.0. The van der Waals surface area contributed by atoms with Crippen molar-refractivity contribution in [3.05, 3.63) is 48.6 Å². The number of allylic oxidation sites excluding steroid dienone is 8. The predicted octanol–water partition coefficient (Wildman–Crippen LogP) is 24.9. The molecule has 1 atom stereocenters. The van der Waals surface area contributed by atoms with Crippen LogP contribution >= 0.6 is 0 Å². The molecule has 0 fully saturated rings. The highest BCUT2D eigenvalue weighted by molar-refractivity contribution is 5.71. The number of ether oxygens (including phenoxy) is 3. The van der Waals surface area contributed by atoms with Crippen LogP contribution in [0.2, 0.25) is 0 Å². The third-order valence-electron chi connectivity index (χ3n) is 16.3. The second-order valence-electron chi connectivity index (χ2n) is 24.5. The average molecular weight is 1140 g/mol. The molecule has 0 radical (unpaired) electrons. The van der Waals surface area contributed by atoms with Gasteiger partial charge < -0.3 is 14.2 Å². The normalized spacial score (nSPS) is 12.3. The maximum Gasteiger partial charge on any atom is 0.306 e. The minimum Gasteiger partial charge on any atom is -0.462 e. The van der Waals surface area contributed by atoms with E-state index in [9.17, 15) is 14.4 Å². The summed E-state index contributed by atoms with van der Waals surface area (Å²) in [6.45, 7) is 6.59. The van der Waals surface area contributed by atoms with Gasteiger partial charge in [0.1, 0.15) is 13.2 Å². The smallest absolute Gasteiger partial charge is 0.306 e. The summed E-state index contributed by atoms with van der Waals surface area (Å²) in [5.74, 6) is -0.862. The Hall–Kier alpha value is -2.63. The molecule has 0 aromatic heterocycles. The Labute approximate surface area is 505 Å². The molecular formula is C75H138O6. The monoisotopic (exact) mass is 1140 g/mol. The molecule has 0 aliphatic rings. The van der Waals surface area contributed by atoms with E-state index in [1.54, 1.807) is 0 Å². The number of carbonyl (C=O) groups is 3. The van der Waals surface area contributed by atoms with Crippen LogP contribution in [0.15, 0.2) is 48.6 Å². The summed E-state index contributed by atoms with van der Waals surface area (Å²) in [4.78, 5) is 38.5. The van der Waals surface area contributed by atoms with Gasteiger partial charge in [-0.25, -0.2) is 0 Å². The molecule has 0 heterocycles. The number of hydrogen-bond acceptors (Lipinski definition) is 6. The third kappa shape index (κ3) is 68.0. The van der Waals surface area contributed by atoms with Crippen molar-refractivity contribution in [2.75, 3.05) is 13.2 Å². The van der Waals surface area contributed by atoms with Crippen LogP contribution in [0.3, 0.4) is 0 Å². The fourth-order valence-corrected chi connectivity index (χ4v) is 10.9. The van der Waals surface area contributed by atoms with Gasteiger partial charge in [0.2, 0.25) is 0 Å². The highest BCUT2D eigenvalue weighted by atomic mass is 16.6. The lowest BCUT2D eigenvalue weighted by Crippen LogP contribution is -2.30. The molecule has 0 bridgehead atoms. The number of carbonyl (C=O) groups excluding carboxylic acids is 3. The van der Waals surface area contributed by atoms with E-state index in [2.05, 4.69) is 69.4 Å². The van der Waals surface area contributed by atoms with Crippen LogP contribution in [0.25, 0.3) is 0 Å². The minimum atomic E-state index is -0.780. The second kappa shape index (κ2) is 69.9. The van der Waals surface area contributed by atoms with E-state index in [-0.39, 0.29) is 31.1 Å². The first-order valence-electron chi connectivity index (χ1n) is 36.1. The van der Waals surface area contributed by atoms with Gasteiger partial charge in [-0.1, -0.05) is 345 Å². The molecule has 1 unspecified atom stereocenters. The standard InChI is InChI=1S/C75H138O6/c1-4-7-10-13-16-19-22-25-28-31-33-34-35-36-37-38-39-40-41-42-45-47-50-53-56-59-62-65-68-74(77)80-71-72(70-79-73(76)67-64-61-58-55-52-49-46-43-30-27-24-21-18-15-12-9-6-3)81-75(78)69-66-63-60-57-54-51-48-44-32-29-26-23-20-17-14-11-8-5-2/h9,12,18,21,27,29-30,32,72H,4-8,10-11,13-17,19-20,22-26,28,31,33-71H2,1-3H3/b12-9-,21-18-,30-27-,32-29-. The Balaban J connectivity index is 4.24. The predicted molar refractivity (Wildman–Crippen MR) is 353 cm³/mol. The van der Waals surface area contributed by atoms with Crippen molar-refractivity contribution in [3.63, 3.8) is 0 Å². The van der Waals surface area contributed by atoms with Gasteiger partial charge >= 0.3 is 17.9 Å². The van der Waals surface area contributed by atoms with Gasteiger partial charge in [-0.15, -0.1) is 0 Å². The van der Waals surface area contributed by atoms with E-state index in [1.165, 1.54) is 270 Å². The van der Waals surface area contributed by atoms with Crippen LogP contribution in [-0.4, -0.2) is 37.2 Å². The average Bonchev–Trinajstić information content (AvgIpc) is 3.47. The topological polar surface area (TPSA) is 78.9 Å². The maximum absolute atomic E-state index is 13.0. The number of unbranched alkanes of at least 4 members (excludes halogenated alkanes) is 48. The zero-order valence-electron chi connectivity index (χ0n) is 54.6. The van der Waals surface area contributed by atoms with Gasteiger partial charge in [0.25, 0.3) is 0 Å². The lowest BCUT2D eigenvalue weighted by Gasteiger charge is -2.18. The molecule has 0 saturated heterocycles. The van der Waals surface area contributed by atoms with Crippen LogP contribution in [-0.2, 0) is 28.6 Å². The first-order valence-corrected chi connectivity index (χ1v) is 36.1. The van der Waals surface area contributed by atoms with Gasteiger partial charge in [-0.2, -0.15) is 0 Å². The third-order valence-corrected chi connectivity index (χ3v) is 16.3. The van der Waals surface area contributed by atoms with E-state index in [4.69, 9.17) is 14.2 Å². The zero-order valence-corrected chi connectivity index (χ0v) is 54.6. The summed E-state index contributed by atoms with van der Waals surface area (Å²) in [6.07, 6.45) is 88.6. The highest BCUT2D eigenvalue weighted by Gasteiger charge is 2.19. The molecule has 474 valence electrons. The Morgan fingerprint density at radius 3 is 0.765 bits per heavy atom. The summed E-state index contributed by atoms with van der Waals surface area (Å²) in [7, 11) is 0. The lowest BCUT2D eigenvalue weighted by atomic mass is 10.0. The summed E-state index contributed by atoms with van der Waals surface area (Å²) in [5, 5.41) is 0. The highest BCUT2D eigenvalue weighted by Crippen LogP contribution is 2.19. The van der Waals surface area contributed by atoms with E-state index >= 15 is 0 Å². The Morgan fingerprint density at radius 2 is 0.481 bits per heavy atom. The van der Waals surface area contributed by atoms with Crippen LogP contribution in [0.4, 0.5) is 0 Å². The molecule has 6 heteroatoms. The van der Waals surface area contributed by atoms with Gasteiger partial charge in [0.15, 0.2) is 6.10 Å². The molecule has 0 rings (SSSR count). The first-order chi connectivity index (χ1) is 40.0. The van der Waals surface area contributed by atoms with Crippen molar-refractivity contribution in [2.24, 2.45) is 0 Å². The van der Waals surface area contributed by atoms with E-state index < -0.39 is 6.10 Å². The van der Waals surface area contributed by atoms with Crippen LogP contribution < -0.4 is 0 Å². The molecule has 81 heavy (non-hydrogen) atoms. The van der Waals surface area contributed by atoms with Crippen LogP contribution in [0, 0.1) is 0 Å². The Morgan fingerprint density at radius 1 is 0.259 bits per heavy atom. The van der Waals surface area contributed by atoms with Crippen molar-refractivity contribution in [3.8, 4) is 0 Å². The van der Waals surface area contributed by atoms with Gasteiger partial charge in [-0.3, -0.25) is 14.4 Å². The SMILES string of the molecule is CC/C=C\C/C=C\C/C=C\CCCCCCCCCC(=O)OCC(COC(=O)CCCCCCCCCCCCCCCCCCCCCCCCCCCCCC)OC(=O)CCCCCCCCC/C=C\CCCCCCCCC. The van der Waals surface area contributed by atoms with Gasteiger partial charge in [0.05, 0.1) is 0 Å². The molecule has 0 aromatic rings. The quantitative estimate of drug-likeness (QED) is 0.0261. The van der Waals surface area contributed by atoms with E-state index in [0.717, 1.165) is 83.5 Å². The summed E-state index contributed by atoms with van der Waals surface area (Å²) in [5.41, 5.74) is 0. The van der Waals surface area contributed by atoms with Crippen molar-refractivity contribution in [1.82, 2.24) is 0 Å². The van der Waals surface area contributed by atoms with Crippen molar-refractivity contribution in [2.45, 2.75) is 399 Å². The molecule has 0 amide bonds. The molecule has 0 spiro atoms. The van der Waals surface area contributed by atoms with Crippen LogP contribution in [0.5, 0.6) is 0 Å². The zero-order chi connectivity index (χ0) is 58.5. The lowest BCUT2D eigenvalue weighted by molar-refractivity contribution is -0.167. The van der Waals surface area contributed by atoms with Crippen molar-refractivity contribution >= 4 is 17.9 Å². The second-order valence-corrected chi connectivity index (χ2v) is 24.5. The molecule has 6 nitrogen and oxygen atoms in total. The fraction of sp³-hybridized carbons (Fsp3) is 0.853. The van der Waals surface area contributed by atoms with Crippen molar-refractivity contribution < 1.29 is 28.6 Å². The fourth-order valence-electron chi connectivity index (χ4n) is 10.9. The number of esters is 3. The number of hydrogen-bond donors (Lipinski definition) is 0. The molecule has 0 aliphatic heterocycles. The molecule has 0 N–H and O–H groups in total. The van der Waals surface area contributed by atoms with Crippen LogP contribution in [0.1, 0.15) is 393 Å².